The molecular formula is C14H19Cl2N. The van der Waals surface area contributed by atoms with Gasteiger partial charge in [-0.25, -0.2) is 0 Å². The molecule has 0 aromatic heterocycles. The Balaban J connectivity index is 2.13. The van der Waals surface area contributed by atoms with Gasteiger partial charge in [0.2, 0.25) is 0 Å². The molecule has 0 heterocycles. The van der Waals surface area contributed by atoms with Gasteiger partial charge in [0, 0.05) is 0 Å². The fourth-order valence-electron chi connectivity index (χ4n) is 2.62. The Morgan fingerprint density at radius 3 is 2.53 bits per heavy atom. The van der Waals surface area contributed by atoms with Gasteiger partial charge < -0.3 is 5.32 Å². The summed E-state index contributed by atoms with van der Waals surface area (Å²) in [5.74, 6) is 0. The summed E-state index contributed by atoms with van der Waals surface area (Å²) in [5, 5.41) is 4.74. The van der Waals surface area contributed by atoms with Crippen molar-refractivity contribution in [2.45, 2.75) is 38.0 Å². The number of hydrogen-bond donors (Lipinski definition) is 1. The molecule has 1 aliphatic rings. The Labute approximate surface area is 114 Å². The van der Waals surface area contributed by atoms with Crippen LogP contribution in [0, 0.1) is 0 Å². The largest absolute Gasteiger partial charge is 0.317 e. The molecule has 1 aromatic carbocycles. The van der Waals surface area contributed by atoms with Gasteiger partial charge in [-0.3, -0.25) is 0 Å². The van der Waals surface area contributed by atoms with Crippen LogP contribution in [0.3, 0.4) is 0 Å². The molecule has 3 heteroatoms. The number of halogens is 2. The number of benzene rings is 1. The zero-order valence-corrected chi connectivity index (χ0v) is 11.7. The van der Waals surface area contributed by atoms with Crippen molar-refractivity contribution in [1.82, 2.24) is 5.32 Å². The molecule has 0 bridgehead atoms. The molecule has 1 saturated carbocycles. The van der Waals surface area contributed by atoms with Crippen LogP contribution >= 0.6 is 23.2 Å². The second-order valence-corrected chi connectivity index (χ2v) is 5.68. The van der Waals surface area contributed by atoms with Gasteiger partial charge >= 0.3 is 0 Å². The van der Waals surface area contributed by atoms with Crippen LogP contribution in [0.5, 0.6) is 0 Å². The Bertz CT molecular complexity index is 386. The molecule has 0 saturated heterocycles. The van der Waals surface area contributed by atoms with Gasteiger partial charge in [0.05, 0.1) is 10.0 Å². The van der Waals surface area contributed by atoms with Crippen LogP contribution < -0.4 is 5.32 Å². The van der Waals surface area contributed by atoms with E-state index < -0.39 is 0 Å². The molecule has 0 aliphatic heterocycles. The highest BCUT2D eigenvalue weighted by Gasteiger charge is 2.38. The number of hydrogen-bond acceptors (Lipinski definition) is 1. The third-order valence-corrected chi connectivity index (χ3v) is 4.61. The quantitative estimate of drug-likeness (QED) is 0.783. The maximum absolute atomic E-state index is 6.11. The SMILES string of the molecule is CCNCCC1(c2ccc(Cl)c(Cl)c2)CCC1. The van der Waals surface area contributed by atoms with E-state index in [4.69, 9.17) is 23.2 Å². The Hall–Kier alpha value is -0.240. The first kappa shape index (κ1) is 13.2. The van der Waals surface area contributed by atoms with Crippen molar-refractivity contribution in [2.24, 2.45) is 0 Å². The predicted molar refractivity (Wildman–Crippen MR) is 75.2 cm³/mol. The minimum Gasteiger partial charge on any atom is -0.317 e. The van der Waals surface area contributed by atoms with Crippen LogP contribution in [-0.4, -0.2) is 13.1 Å². The highest BCUT2D eigenvalue weighted by molar-refractivity contribution is 6.42. The van der Waals surface area contributed by atoms with Gasteiger partial charge in [0.1, 0.15) is 0 Å². The first-order valence-electron chi connectivity index (χ1n) is 6.34. The minimum atomic E-state index is 0.344. The van der Waals surface area contributed by atoms with E-state index in [-0.39, 0.29) is 0 Å². The van der Waals surface area contributed by atoms with Gasteiger partial charge in [-0.05, 0) is 55.5 Å². The van der Waals surface area contributed by atoms with Crippen molar-refractivity contribution in [1.29, 1.82) is 0 Å². The average Bonchev–Trinajstić information content (AvgIpc) is 2.26. The molecule has 2 rings (SSSR count). The molecular weight excluding hydrogens is 253 g/mol. The molecule has 0 spiro atoms. The second kappa shape index (κ2) is 5.60. The molecule has 0 radical (unpaired) electrons. The lowest BCUT2D eigenvalue weighted by Gasteiger charge is -2.43. The fourth-order valence-corrected chi connectivity index (χ4v) is 2.92. The van der Waals surface area contributed by atoms with Crippen LogP contribution in [0.25, 0.3) is 0 Å². The molecule has 1 N–H and O–H groups in total. The van der Waals surface area contributed by atoms with Gasteiger partial charge in [0.15, 0.2) is 0 Å². The molecule has 1 fully saturated rings. The van der Waals surface area contributed by atoms with Crippen LogP contribution in [-0.2, 0) is 5.41 Å². The molecule has 0 atom stereocenters. The number of nitrogens with one attached hydrogen (secondary N) is 1. The van der Waals surface area contributed by atoms with Gasteiger partial charge in [0.25, 0.3) is 0 Å². The standard InChI is InChI=1S/C14H19Cl2N/c1-2-17-9-8-14(6-3-7-14)11-4-5-12(15)13(16)10-11/h4-5,10,17H,2-3,6-9H2,1H3. The lowest BCUT2D eigenvalue weighted by molar-refractivity contribution is 0.224. The lowest BCUT2D eigenvalue weighted by Crippen LogP contribution is -2.37. The molecule has 17 heavy (non-hydrogen) atoms. The summed E-state index contributed by atoms with van der Waals surface area (Å²) >= 11 is 12.1. The predicted octanol–water partition coefficient (Wildman–Crippen LogP) is 4.41. The van der Waals surface area contributed by atoms with Crippen LogP contribution in [0.15, 0.2) is 18.2 Å². The molecule has 1 aliphatic carbocycles. The third kappa shape index (κ3) is 2.78. The Morgan fingerprint density at radius 2 is 2.00 bits per heavy atom. The van der Waals surface area contributed by atoms with E-state index in [9.17, 15) is 0 Å². The maximum Gasteiger partial charge on any atom is 0.0595 e. The molecule has 1 nitrogen and oxygen atoms in total. The normalized spacial score (nSPS) is 17.8. The van der Waals surface area contributed by atoms with Crippen LogP contribution in [0.1, 0.15) is 38.2 Å². The first-order chi connectivity index (χ1) is 8.18. The summed E-state index contributed by atoms with van der Waals surface area (Å²) in [4.78, 5) is 0. The van der Waals surface area contributed by atoms with E-state index in [2.05, 4.69) is 24.4 Å². The maximum atomic E-state index is 6.11. The monoisotopic (exact) mass is 271 g/mol. The van der Waals surface area contributed by atoms with Crippen molar-refractivity contribution >= 4 is 23.2 Å². The van der Waals surface area contributed by atoms with Crippen molar-refractivity contribution in [3.05, 3.63) is 33.8 Å². The lowest BCUT2D eigenvalue weighted by atomic mass is 9.62. The summed E-state index contributed by atoms with van der Waals surface area (Å²) < 4.78 is 0. The van der Waals surface area contributed by atoms with Crippen molar-refractivity contribution in [3.8, 4) is 0 Å². The fraction of sp³-hybridized carbons (Fsp3) is 0.571. The Kier molecular flexibility index (Phi) is 4.35. The zero-order valence-electron chi connectivity index (χ0n) is 10.2. The van der Waals surface area contributed by atoms with E-state index >= 15 is 0 Å². The topological polar surface area (TPSA) is 12.0 Å². The van der Waals surface area contributed by atoms with Gasteiger partial charge in [-0.1, -0.05) is 42.6 Å². The smallest absolute Gasteiger partial charge is 0.0595 e. The van der Waals surface area contributed by atoms with Gasteiger partial charge in [-0.15, -0.1) is 0 Å². The summed E-state index contributed by atoms with van der Waals surface area (Å²) in [6.45, 7) is 4.26. The van der Waals surface area contributed by atoms with E-state index in [1.54, 1.807) is 0 Å². The van der Waals surface area contributed by atoms with E-state index in [0.29, 0.717) is 15.5 Å². The van der Waals surface area contributed by atoms with Crippen molar-refractivity contribution in [3.63, 3.8) is 0 Å². The van der Waals surface area contributed by atoms with Crippen LogP contribution in [0.2, 0.25) is 10.0 Å². The molecule has 0 unspecified atom stereocenters. The van der Waals surface area contributed by atoms with Crippen LogP contribution in [0.4, 0.5) is 0 Å². The molecule has 1 aromatic rings. The van der Waals surface area contributed by atoms with Gasteiger partial charge in [-0.2, -0.15) is 0 Å². The highest BCUT2D eigenvalue weighted by atomic mass is 35.5. The summed E-state index contributed by atoms with van der Waals surface area (Å²) in [6, 6.07) is 6.11. The third-order valence-electron chi connectivity index (χ3n) is 3.87. The van der Waals surface area contributed by atoms with E-state index in [0.717, 1.165) is 13.1 Å². The summed E-state index contributed by atoms with van der Waals surface area (Å²) in [5.41, 5.74) is 1.70. The second-order valence-electron chi connectivity index (χ2n) is 4.87. The first-order valence-corrected chi connectivity index (χ1v) is 7.10. The summed E-state index contributed by atoms with van der Waals surface area (Å²) in [7, 11) is 0. The number of rotatable bonds is 5. The van der Waals surface area contributed by atoms with E-state index in [1.165, 1.54) is 31.2 Å². The average molecular weight is 272 g/mol. The highest BCUT2D eigenvalue weighted by Crippen LogP contribution is 2.47. The van der Waals surface area contributed by atoms with E-state index in [1.807, 2.05) is 6.07 Å². The zero-order chi connectivity index (χ0) is 12.3. The molecule has 94 valence electrons. The minimum absolute atomic E-state index is 0.344. The van der Waals surface area contributed by atoms with Crippen molar-refractivity contribution in [2.75, 3.05) is 13.1 Å². The summed E-state index contributed by atoms with van der Waals surface area (Å²) in [6.07, 6.45) is 5.07. The molecule has 0 amide bonds. The van der Waals surface area contributed by atoms with Crippen molar-refractivity contribution < 1.29 is 0 Å². The Morgan fingerprint density at radius 1 is 1.24 bits per heavy atom.